The predicted molar refractivity (Wildman–Crippen MR) is 96.3 cm³/mol. The third-order valence-corrected chi connectivity index (χ3v) is 4.52. The van der Waals surface area contributed by atoms with Gasteiger partial charge in [0.25, 0.3) is 5.91 Å². The summed E-state index contributed by atoms with van der Waals surface area (Å²) in [6.45, 7) is 1.44. The van der Waals surface area contributed by atoms with Crippen LogP contribution in [0.2, 0.25) is 0 Å². The van der Waals surface area contributed by atoms with Gasteiger partial charge in [0.2, 0.25) is 5.91 Å². The van der Waals surface area contributed by atoms with Crippen molar-refractivity contribution >= 4 is 29.3 Å². The Hall–Kier alpha value is -3.22. The van der Waals surface area contributed by atoms with Crippen LogP contribution in [0.3, 0.4) is 0 Å². The lowest BCUT2D eigenvalue weighted by atomic mass is 10.2. The summed E-state index contributed by atoms with van der Waals surface area (Å²) in [5.41, 5.74) is 6.90. The summed E-state index contributed by atoms with van der Waals surface area (Å²) >= 11 is 0. The first-order valence-electron chi connectivity index (χ1n) is 8.54. The van der Waals surface area contributed by atoms with E-state index in [0.29, 0.717) is 22.9 Å². The average molecular weight is 353 g/mol. The monoisotopic (exact) mass is 353 g/mol. The van der Waals surface area contributed by atoms with E-state index in [1.165, 1.54) is 17.2 Å². The highest BCUT2D eigenvalue weighted by atomic mass is 16.5. The highest BCUT2D eigenvalue weighted by molar-refractivity contribution is 6.12. The number of amides is 2. The number of carbonyl (C=O) groups excluding carboxylic acids is 2. The highest BCUT2D eigenvalue weighted by Gasteiger charge is 2.33. The number of nitrogens with zero attached hydrogens (tertiary/aromatic N) is 2. The Balaban J connectivity index is 1.68. The van der Waals surface area contributed by atoms with Gasteiger partial charge in [0.15, 0.2) is 11.5 Å². The van der Waals surface area contributed by atoms with Crippen LogP contribution in [0.4, 0.5) is 11.4 Å². The maximum atomic E-state index is 12.9. The van der Waals surface area contributed by atoms with Gasteiger partial charge in [-0.1, -0.05) is 0 Å². The molecular formula is C19H19N3O4. The van der Waals surface area contributed by atoms with Crippen molar-refractivity contribution in [2.24, 2.45) is 0 Å². The highest BCUT2D eigenvalue weighted by Crippen LogP contribution is 2.37. The molecule has 7 heteroatoms. The summed E-state index contributed by atoms with van der Waals surface area (Å²) < 4.78 is 11.0. The van der Waals surface area contributed by atoms with Crippen LogP contribution in [0.1, 0.15) is 18.6 Å². The molecule has 1 aromatic heterocycles. The first-order chi connectivity index (χ1) is 12.6. The van der Waals surface area contributed by atoms with Crippen molar-refractivity contribution in [2.75, 3.05) is 30.3 Å². The van der Waals surface area contributed by atoms with Gasteiger partial charge in [-0.05, 0) is 37.1 Å². The van der Waals surface area contributed by atoms with Crippen molar-refractivity contribution in [2.45, 2.75) is 12.8 Å². The summed E-state index contributed by atoms with van der Waals surface area (Å²) in [6.07, 6.45) is 5.03. The molecule has 0 aliphatic carbocycles. The maximum Gasteiger partial charge on any atom is 0.294 e. The zero-order chi connectivity index (χ0) is 18.1. The van der Waals surface area contributed by atoms with Gasteiger partial charge in [0.05, 0.1) is 12.0 Å². The largest absolute Gasteiger partial charge is 0.465 e. The number of rotatable bonds is 3. The van der Waals surface area contributed by atoms with E-state index in [1.54, 1.807) is 35.2 Å². The minimum absolute atomic E-state index is 0.0331. The van der Waals surface area contributed by atoms with Crippen molar-refractivity contribution in [1.29, 1.82) is 0 Å². The van der Waals surface area contributed by atoms with Crippen LogP contribution >= 0.6 is 0 Å². The smallest absolute Gasteiger partial charge is 0.294 e. The number of hydrogen-bond donors (Lipinski definition) is 1. The second kappa shape index (κ2) is 6.59. The second-order valence-electron chi connectivity index (χ2n) is 6.33. The van der Waals surface area contributed by atoms with Gasteiger partial charge >= 0.3 is 0 Å². The van der Waals surface area contributed by atoms with Crippen LogP contribution in [-0.2, 0) is 9.59 Å². The van der Waals surface area contributed by atoms with Crippen molar-refractivity contribution in [1.82, 2.24) is 4.90 Å². The van der Waals surface area contributed by atoms with Crippen LogP contribution in [-0.4, -0.2) is 36.3 Å². The number of carbonyl (C=O) groups is 2. The SMILES string of the molecule is Nc1ccc2c(c1)O/C(=C/c1ccco1)C(=O)N2CC(=O)N1CCCC1. The Morgan fingerprint density at radius 1 is 1.23 bits per heavy atom. The molecule has 2 aliphatic rings. The fourth-order valence-corrected chi connectivity index (χ4v) is 3.19. The molecule has 7 nitrogen and oxygen atoms in total. The van der Waals surface area contributed by atoms with Gasteiger partial charge < -0.3 is 19.8 Å². The Kier molecular flexibility index (Phi) is 4.12. The van der Waals surface area contributed by atoms with Gasteiger partial charge in [0, 0.05) is 30.9 Å². The van der Waals surface area contributed by atoms with Crippen LogP contribution in [0.15, 0.2) is 46.8 Å². The molecule has 26 heavy (non-hydrogen) atoms. The number of nitrogen functional groups attached to an aromatic ring is 1. The molecule has 0 saturated carbocycles. The van der Waals surface area contributed by atoms with E-state index in [1.807, 2.05) is 0 Å². The molecule has 0 unspecified atom stereocenters. The number of anilines is 2. The Morgan fingerprint density at radius 3 is 2.77 bits per heavy atom. The first-order valence-corrected chi connectivity index (χ1v) is 8.54. The summed E-state index contributed by atoms with van der Waals surface area (Å²) in [5.74, 6) is 0.569. The molecule has 2 aromatic rings. The number of hydrogen-bond acceptors (Lipinski definition) is 5. The lowest BCUT2D eigenvalue weighted by molar-refractivity contribution is -0.130. The molecule has 2 amide bonds. The summed E-state index contributed by atoms with van der Waals surface area (Å²) in [5, 5.41) is 0. The van der Waals surface area contributed by atoms with Gasteiger partial charge in [-0.2, -0.15) is 0 Å². The van der Waals surface area contributed by atoms with Gasteiger partial charge in [-0.3, -0.25) is 14.5 Å². The number of fused-ring (bicyclic) bond motifs is 1. The quantitative estimate of drug-likeness (QED) is 0.675. The Labute approximate surface area is 150 Å². The molecule has 2 N–H and O–H groups in total. The minimum Gasteiger partial charge on any atom is -0.465 e. The number of nitrogens with two attached hydrogens (primary N) is 1. The van der Waals surface area contributed by atoms with Crippen molar-refractivity contribution in [3.8, 4) is 5.75 Å². The lowest BCUT2D eigenvalue weighted by Gasteiger charge is -2.31. The molecule has 0 spiro atoms. The van der Waals surface area contributed by atoms with Crippen LogP contribution in [0.5, 0.6) is 5.75 Å². The summed E-state index contributed by atoms with van der Waals surface area (Å²) in [4.78, 5) is 28.8. The number of benzene rings is 1. The Morgan fingerprint density at radius 2 is 2.04 bits per heavy atom. The van der Waals surface area contributed by atoms with E-state index < -0.39 is 0 Å². The summed E-state index contributed by atoms with van der Waals surface area (Å²) in [6, 6.07) is 8.47. The fraction of sp³-hybridized carbons (Fsp3) is 0.263. The van der Waals surface area contributed by atoms with E-state index >= 15 is 0 Å². The molecule has 1 aromatic carbocycles. The standard InChI is InChI=1S/C19H19N3O4/c20-13-5-6-15-16(10-13)26-17(11-14-4-3-9-25-14)19(24)22(15)12-18(23)21-7-1-2-8-21/h3-6,9-11H,1-2,7-8,12,20H2/b17-11+. The van der Waals surface area contributed by atoms with Gasteiger partial charge in [-0.15, -0.1) is 0 Å². The van der Waals surface area contributed by atoms with Gasteiger partial charge in [-0.25, -0.2) is 0 Å². The van der Waals surface area contributed by atoms with Crippen molar-refractivity contribution in [3.63, 3.8) is 0 Å². The average Bonchev–Trinajstić information content (AvgIpc) is 3.32. The third kappa shape index (κ3) is 3.03. The molecule has 0 atom stereocenters. The molecular weight excluding hydrogens is 334 g/mol. The first kappa shape index (κ1) is 16.3. The molecule has 0 bridgehead atoms. The zero-order valence-electron chi connectivity index (χ0n) is 14.2. The lowest BCUT2D eigenvalue weighted by Crippen LogP contribution is -2.45. The normalized spacial score (nSPS) is 18.2. The van der Waals surface area contributed by atoms with E-state index in [4.69, 9.17) is 14.9 Å². The molecule has 2 aliphatic heterocycles. The van der Waals surface area contributed by atoms with Crippen LogP contribution in [0, 0.1) is 0 Å². The molecule has 1 saturated heterocycles. The number of furan rings is 1. The fourth-order valence-electron chi connectivity index (χ4n) is 3.19. The summed E-state index contributed by atoms with van der Waals surface area (Å²) in [7, 11) is 0. The molecule has 134 valence electrons. The van der Waals surface area contributed by atoms with Crippen molar-refractivity contribution in [3.05, 3.63) is 48.1 Å². The molecule has 3 heterocycles. The second-order valence-corrected chi connectivity index (χ2v) is 6.33. The van der Waals surface area contributed by atoms with Gasteiger partial charge in [0.1, 0.15) is 12.3 Å². The minimum atomic E-state index is -0.383. The van der Waals surface area contributed by atoms with E-state index in [2.05, 4.69) is 0 Å². The van der Waals surface area contributed by atoms with Crippen molar-refractivity contribution < 1.29 is 18.7 Å². The maximum absolute atomic E-state index is 12.9. The van der Waals surface area contributed by atoms with E-state index in [9.17, 15) is 9.59 Å². The topological polar surface area (TPSA) is 89.0 Å². The molecule has 0 radical (unpaired) electrons. The molecule has 1 fully saturated rings. The van der Waals surface area contributed by atoms with E-state index in [-0.39, 0.29) is 24.1 Å². The molecule has 4 rings (SSSR count). The van der Waals surface area contributed by atoms with E-state index in [0.717, 1.165) is 25.9 Å². The number of likely N-dealkylation sites (tertiary alicyclic amines) is 1. The zero-order valence-corrected chi connectivity index (χ0v) is 14.2. The number of ether oxygens (including phenoxy) is 1. The third-order valence-electron chi connectivity index (χ3n) is 4.52. The Bertz CT molecular complexity index is 867. The van der Waals surface area contributed by atoms with Crippen LogP contribution < -0.4 is 15.4 Å². The van der Waals surface area contributed by atoms with Crippen LogP contribution in [0.25, 0.3) is 6.08 Å². The predicted octanol–water partition coefficient (Wildman–Crippen LogP) is 2.25.